The predicted octanol–water partition coefficient (Wildman–Crippen LogP) is 2.00. The molecule has 0 aliphatic rings. The second kappa shape index (κ2) is 5.63. The summed E-state index contributed by atoms with van der Waals surface area (Å²) in [6, 6.07) is 3.21. The predicted molar refractivity (Wildman–Crippen MR) is 52.7 cm³/mol. The van der Waals surface area contributed by atoms with Gasteiger partial charge in [0.15, 0.2) is 6.29 Å². The highest BCUT2D eigenvalue weighted by atomic mass is 19.1. The van der Waals surface area contributed by atoms with Gasteiger partial charge in [-0.1, -0.05) is 0 Å². The van der Waals surface area contributed by atoms with Gasteiger partial charge in [0, 0.05) is 26.0 Å². The van der Waals surface area contributed by atoms with Crippen molar-refractivity contribution in [1.82, 2.24) is 0 Å². The summed E-state index contributed by atoms with van der Waals surface area (Å²) in [6.45, 7) is 0.315. The quantitative estimate of drug-likeness (QED) is 0.765. The first kappa shape index (κ1) is 11.9. The highest BCUT2D eigenvalue weighted by molar-refractivity contribution is 5.43. The molecule has 0 radical (unpaired) electrons. The van der Waals surface area contributed by atoms with Crippen molar-refractivity contribution in [3.05, 3.63) is 29.8 Å². The third-order valence-electron chi connectivity index (χ3n) is 1.86. The smallest absolute Gasteiger partial charge is 0.173 e. The fourth-order valence-electron chi connectivity index (χ4n) is 1.12. The molecule has 0 aliphatic heterocycles. The highest BCUT2D eigenvalue weighted by Crippen LogP contribution is 2.12. The normalized spacial score (nSPS) is 10.7. The number of hydrogen-bond donors (Lipinski definition) is 1. The molecule has 5 heteroatoms. The molecule has 0 bridgehead atoms. The zero-order valence-corrected chi connectivity index (χ0v) is 8.59. The Morgan fingerprint density at radius 2 is 1.67 bits per heavy atom. The summed E-state index contributed by atoms with van der Waals surface area (Å²) < 4.78 is 35.4. The van der Waals surface area contributed by atoms with Gasteiger partial charge in [-0.3, -0.25) is 0 Å². The molecule has 0 saturated heterocycles. The maximum Gasteiger partial charge on any atom is 0.173 e. The molecule has 0 spiro atoms. The summed E-state index contributed by atoms with van der Waals surface area (Å²) in [6.07, 6.45) is -0.448. The summed E-state index contributed by atoms with van der Waals surface area (Å²) in [4.78, 5) is 0. The minimum Gasteiger partial charge on any atom is -0.380 e. The number of halogens is 2. The average molecular weight is 217 g/mol. The molecule has 15 heavy (non-hydrogen) atoms. The second-order valence-electron chi connectivity index (χ2n) is 2.94. The molecular formula is C10H13F2NO2. The van der Waals surface area contributed by atoms with E-state index in [0.29, 0.717) is 12.2 Å². The molecule has 0 saturated carbocycles. The minimum atomic E-state index is -0.621. The molecule has 3 nitrogen and oxygen atoms in total. The number of benzene rings is 1. The molecule has 1 rings (SSSR count). The van der Waals surface area contributed by atoms with Crippen LogP contribution in [-0.4, -0.2) is 27.1 Å². The van der Waals surface area contributed by atoms with Crippen LogP contribution in [0.3, 0.4) is 0 Å². The van der Waals surface area contributed by atoms with E-state index in [1.165, 1.54) is 26.4 Å². The van der Waals surface area contributed by atoms with Crippen molar-refractivity contribution in [2.24, 2.45) is 0 Å². The van der Waals surface area contributed by atoms with Crippen LogP contribution in [0.25, 0.3) is 0 Å². The van der Waals surface area contributed by atoms with Crippen molar-refractivity contribution in [1.29, 1.82) is 0 Å². The second-order valence-corrected chi connectivity index (χ2v) is 2.94. The molecule has 1 aromatic carbocycles. The van der Waals surface area contributed by atoms with Crippen molar-refractivity contribution in [3.8, 4) is 0 Å². The number of hydrogen-bond acceptors (Lipinski definition) is 3. The average Bonchev–Trinajstić information content (AvgIpc) is 2.18. The molecule has 0 unspecified atom stereocenters. The van der Waals surface area contributed by atoms with E-state index in [0.717, 1.165) is 6.07 Å². The van der Waals surface area contributed by atoms with E-state index in [4.69, 9.17) is 9.47 Å². The fraction of sp³-hybridized carbons (Fsp3) is 0.400. The number of rotatable bonds is 5. The molecule has 0 fully saturated rings. The molecule has 84 valence electrons. The summed E-state index contributed by atoms with van der Waals surface area (Å²) in [5.74, 6) is -1.24. The van der Waals surface area contributed by atoms with Gasteiger partial charge in [0.25, 0.3) is 0 Å². The first-order chi connectivity index (χ1) is 7.15. The van der Waals surface area contributed by atoms with E-state index in [2.05, 4.69) is 5.32 Å². The lowest BCUT2D eigenvalue weighted by molar-refractivity contribution is -0.0914. The Morgan fingerprint density at radius 1 is 1.13 bits per heavy atom. The Labute approximate surface area is 87.0 Å². The van der Waals surface area contributed by atoms with Crippen LogP contribution in [-0.2, 0) is 9.47 Å². The van der Waals surface area contributed by atoms with E-state index in [-0.39, 0.29) is 0 Å². The van der Waals surface area contributed by atoms with Crippen LogP contribution < -0.4 is 5.32 Å². The lowest BCUT2D eigenvalue weighted by Crippen LogP contribution is -2.23. The van der Waals surface area contributed by atoms with Crippen LogP contribution in [0.1, 0.15) is 0 Å². The largest absolute Gasteiger partial charge is 0.380 e. The van der Waals surface area contributed by atoms with Crippen LogP contribution in [0, 0.1) is 11.6 Å². The van der Waals surface area contributed by atoms with Crippen LogP contribution in [0.5, 0.6) is 0 Å². The zero-order valence-electron chi connectivity index (χ0n) is 8.59. The highest BCUT2D eigenvalue weighted by Gasteiger charge is 2.05. The SMILES string of the molecule is COC(CNc1cc(F)cc(F)c1)OC. The monoisotopic (exact) mass is 217 g/mol. The number of ether oxygens (including phenoxy) is 2. The maximum absolute atomic E-state index is 12.8. The first-order valence-electron chi connectivity index (χ1n) is 4.41. The lowest BCUT2D eigenvalue weighted by atomic mass is 10.3. The molecule has 1 N–H and O–H groups in total. The van der Waals surface area contributed by atoms with Gasteiger partial charge >= 0.3 is 0 Å². The summed E-state index contributed by atoms with van der Waals surface area (Å²) in [5.41, 5.74) is 0.353. The van der Waals surface area contributed by atoms with E-state index in [1.807, 2.05) is 0 Å². The number of anilines is 1. The van der Waals surface area contributed by atoms with Crippen LogP contribution in [0.15, 0.2) is 18.2 Å². The molecule has 0 heterocycles. The Bertz CT molecular complexity index is 296. The van der Waals surface area contributed by atoms with E-state index in [1.54, 1.807) is 0 Å². The van der Waals surface area contributed by atoms with Crippen molar-refractivity contribution >= 4 is 5.69 Å². The Kier molecular flexibility index (Phi) is 4.45. The van der Waals surface area contributed by atoms with Crippen LogP contribution in [0.2, 0.25) is 0 Å². The zero-order chi connectivity index (χ0) is 11.3. The molecule has 1 aromatic rings. The summed E-state index contributed by atoms with van der Waals surface area (Å²) in [5, 5.41) is 2.80. The summed E-state index contributed by atoms with van der Waals surface area (Å²) in [7, 11) is 2.98. The van der Waals surface area contributed by atoms with Gasteiger partial charge in [0.2, 0.25) is 0 Å². The Morgan fingerprint density at radius 3 is 2.13 bits per heavy atom. The Balaban J connectivity index is 2.57. The topological polar surface area (TPSA) is 30.5 Å². The van der Waals surface area contributed by atoms with Gasteiger partial charge in [-0.15, -0.1) is 0 Å². The van der Waals surface area contributed by atoms with Crippen LogP contribution >= 0.6 is 0 Å². The van der Waals surface area contributed by atoms with Crippen LogP contribution in [0.4, 0.5) is 14.5 Å². The molecule has 0 aromatic heterocycles. The molecular weight excluding hydrogens is 204 g/mol. The molecule has 0 aliphatic carbocycles. The number of methoxy groups -OCH3 is 2. The molecule has 0 amide bonds. The van der Waals surface area contributed by atoms with E-state index in [9.17, 15) is 8.78 Å². The maximum atomic E-state index is 12.8. The van der Waals surface area contributed by atoms with Crippen molar-refractivity contribution in [2.45, 2.75) is 6.29 Å². The minimum absolute atomic E-state index is 0.315. The van der Waals surface area contributed by atoms with E-state index >= 15 is 0 Å². The van der Waals surface area contributed by atoms with Gasteiger partial charge in [0.1, 0.15) is 11.6 Å². The fourth-order valence-corrected chi connectivity index (χ4v) is 1.12. The van der Waals surface area contributed by atoms with Gasteiger partial charge in [-0.25, -0.2) is 8.78 Å². The van der Waals surface area contributed by atoms with Gasteiger partial charge in [0.05, 0.1) is 6.54 Å². The standard InChI is InChI=1S/C10H13F2NO2/c1-14-10(15-2)6-13-9-4-7(11)3-8(12)5-9/h3-5,10,13H,6H2,1-2H3. The number of nitrogens with one attached hydrogen (secondary N) is 1. The summed E-state index contributed by atoms with van der Waals surface area (Å²) >= 11 is 0. The molecule has 0 atom stereocenters. The van der Waals surface area contributed by atoms with Gasteiger partial charge < -0.3 is 14.8 Å². The first-order valence-corrected chi connectivity index (χ1v) is 4.41. The Hall–Kier alpha value is -1.20. The van der Waals surface area contributed by atoms with Gasteiger partial charge in [-0.05, 0) is 12.1 Å². The third kappa shape index (κ3) is 3.81. The van der Waals surface area contributed by atoms with Gasteiger partial charge in [-0.2, -0.15) is 0 Å². The third-order valence-corrected chi connectivity index (χ3v) is 1.86. The van der Waals surface area contributed by atoms with E-state index < -0.39 is 17.9 Å². The van der Waals surface area contributed by atoms with Crippen molar-refractivity contribution in [3.63, 3.8) is 0 Å². The van der Waals surface area contributed by atoms with Crippen molar-refractivity contribution < 1.29 is 18.3 Å². The lowest BCUT2D eigenvalue weighted by Gasteiger charge is -2.14. The van der Waals surface area contributed by atoms with Crippen molar-refractivity contribution in [2.75, 3.05) is 26.1 Å².